The summed E-state index contributed by atoms with van der Waals surface area (Å²) in [7, 11) is 0. The molecule has 1 heterocycles. The molecule has 64 valence electrons. The SMILES string of the molecule is C/C=C\c1cnc2ccccc2c1. The summed E-state index contributed by atoms with van der Waals surface area (Å²) in [5.74, 6) is 0. The van der Waals surface area contributed by atoms with Crippen molar-refractivity contribution in [3.05, 3.63) is 48.2 Å². The molecule has 0 unspecified atom stereocenters. The van der Waals surface area contributed by atoms with Crippen LogP contribution in [0.5, 0.6) is 0 Å². The van der Waals surface area contributed by atoms with Crippen LogP contribution in [0.15, 0.2) is 42.6 Å². The maximum absolute atomic E-state index is 4.35. The van der Waals surface area contributed by atoms with Crippen LogP contribution in [0, 0.1) is 0 Å². The lowest BCUT2D eigenvalue weighted by Gasteiger charge is -1.97. The molecule has 1 aromatic carbocycles. The highest BCUT2D eigenvalue weighted by atomic mass is 14.6. The predicted molar refractivity (Wildman–Crippen MR) is 56.5 cm³/mol. The third kappa shape index (κ3) is 1.59. The van der Waals surface area contributed by atoms with E-state index in [9.17, 15) is 0 Å². The molecule has 0 spiro atoms. The Labute approximate surface area is 77.7 Å². The average Bonchev–Trinajstić information content (AvgIpc) is 2.18. The van der Waals surface area contributed by atoms with Crippen LogP contribution in [0.4, 0.5) is 0 Å². The second-order valence-corrected chi connectivity index (χ2v) is 2.96. The minimum atomic E-state index is 1.05. The van der Waals surface area contributed by atoms with Gasteiger partial charge in [0.15, 0.2) is 0 Å². The Balaban J connectivity index is 2.62. The number of benzene rings is 1. The van der Waals surface area contributed by atoms with E-state index in [2.05, 4.69) is 23.2 Å². The van der Waals surface area contributed by atoms with Gasteiger partial charge in [0.25, 0.3) is 0 Å². The summed E-state index contributed by atoms with van der Waals surface area (Å²) < 4.78 is 0. The van der Waals surface area contributed by atoms with Crippen molar-refractivity contribution in [3.63, 3.8) is 0 Å². The van der Waals surface area contributed by atoms with E-state index < -0.39 is 0 Å². The van der Waals surface area contributed by atoms with E-state index in [1.54, 1.807) is 0 Å². The third-order valence-corrected chi connectivity index (χ3v) is 1.97. The van der Waals surface area contributed by atoms with Crippen LogP contribution in [0.25, 0.3) is 17.0 Å². The Morgan fingerprint density at radius 3 is 2.92 bits per heavy atom. The Hall–Kier alpha value is -1.63. The fourth-order valence-electron chi connectivity index (χ4n) is 1.37. The van der Waals surface area contributed by atoms with E-state index in [1.165, 1.54) is 5.39 Å². The number of rotatable bonds is 1. The largest absolute Gasteiger partial charge is 0.256 e. The molecule has 0 saturated carbocycles. The topological polar surface area (TPSA) is 12.9 Å². The molecule has 0 aliphatic carbocycles. The second kappa shape index (κ2) is 3.40. The molecule has 0 fully saturated rings. The Bertz CT molecular complexity index is 444. The zero-order chi connectivity index (χ0) is 9.10. The molecular formula is C12H11N. The lowest BCUT2D eigenvalue weighted by molar-refractivity contribution is 1.40. The van der Waals surface area contributed by atoms with E-state index >= 15 is 0 Å². The van der Waals surface area contributed by atoms with Crippen molar-refractivity contribution in [2.75, 3.05) is 0 Å². The van der Waals surface area contributed by atoms with E-state index in [-0.39, 0.29) is 0 Å². The summed E-state index contributed by atoms with van der Waals surface area (Å²) in [5.41, 5.74) is 2.21. The first-order valence-corrected chi connectivity index (χ1v) is 4.37. The quantitative estimate of drug-likeness (QED) is 0.638. The fourth-order valence-corrected chi connectivity index (χ4v) is 1.37. The van der Waals surface area contributed by atoms with Gasteiger partial charge in [-0.15, -0.1) is 0 Å². The van der Waals surface area contributed by atoms with Crippen LogP contribution in [-0.2, 0) is 0 Å². The van der Waals surface area contributed by atoms with Gasteiger partial charge in [0.2, 0.25) is 0 Å². The van der Waals surface area contributed by atoms with Gasteiger partial charge < -0.3 is 0 Å². The summed E-state index contributed by atoms with van der Waals surface area (Å²) in [6, 6.07) is 10.3. The maximum atomic E-state index is 4.35. The molecule has 0 bridgehead atoms. The highest BCUT2D eigenvalue weighted by Crippen LogP contribution is 2.13. The standard InChI is InChI=1S/C12H11N/c1-2-5-10-8-11-6-3-4-7-12(11)13-9-10/h2-9H,1H3/b5-2-. The van der Waals surface area contributed by atoms with Gasteiger partial charge in [-0.05, 0) is 24.6 Å². The van der Waals surface area contributed by atoms with Crippen LogP contribution in [0.3, 0.4) is 0 Å². The Morgan fingerprint density at radius 2 is 2.08 bits per heavy atom. The zero-order valence-corrected chi connectivity index (χ0v) is 7.57. The van der Waals surface area contributed by atoms with E-state index in [4.69, 9.17) is 0 Å². The summed E-state index contributed by atoms with van der Waals surface area (Å²) in [4.78, 5) is 4.35. The molecule has 0 aliphatic heterocycles. The van der Waals surface area contributed by atoms with Gasteiger partial charge in [-0.1, -0.05) is 30.4 Å². The molecule has 1 heteroatoms. The molecule has 2 rings (SSSR count). The number of aromatic nitrogens is 1. The second-order valence-electron chi connectivity index (χ2n) is 2.96. The van der Waals surface area contributed by atoms with Crippen LogP contribution in [-0.4, -0.2) is 4.98 Å². The van der Waals surface area contributed by atoms with Crippen molar-refractivity contribution in [1.82, 2.24) is 4.98 Å². The van der Waals surface area contributed by atoms with Gasteiger partial charge in [0.05, 0.1) is 5.52 Å². The minimum Gasteiger partial charge on any atom is -0.256 e. The van der Waals surface area contributed by atoms with Gasteiger partial charge in [0.1, 0.15) is 0 Å². The smallest absolute Gasteiger partial charge is 0.0702 e. The Kier molecular flexibility index (Phi) is 2.09. The first-order valence-electron chi connectivity index (χ1n) is 4.37. The summed E-state index contributed by atoms with van der Waals surface area (Å²) in [5, 5.41) is 1.19. The van der Waals surface area contributed by atoms with E-state index in [1.807, 2.05) is 37.4 Å². The van der Waals surface area contributed by atoms with Crippen LogP contribution in [0.2, 0.25) is 0 Å². The number of nitrogens with zero attached hydrogens (tertiary/aromatic N) is 1. The molecule has 0 aliphatic rings. The molecular weight excluding hydrogens is 158 g/mol. The lowest BCUT2D eigenvalue weighted by Crippen LogP contribution is -1.79. The fraction of sp³-hybridized carbons (Fsp3) is 0.0833. The van der Waals surface area contributed by atoms with Crippen LogP contribution < -0.4 is 0 Å². The Morgan fingerprint density at radius 1 is 1.23 bits per heavy atom. The molecule has 1 nitrogen and oxygen atoms in total. The normalized spacial score (nSPS) is 11.2. The average molecular weight is 169 g/mol. The van der Waals surface area contributed by atoms with Gasteiger partial charge in [-0.2, -0.15) is 0 Å². The van der Waals surface area contributed by atoms with Crippen molar-refractivity contribution in [1.29, 1.82) is 0 Å². The molecule has 13 heavy (non-hydrogen) atoms. The third-order valence-electron chi connectivity index (χ3n) is 1.97. The highest BCUT2D eigenvalue weighted by molar-refractivity contribution is 5.80. The number of para-hydroxylation sites is 1. The molecule has 0 atom stereocenters. The summed E-state index contributed by atoms with van der Waals surface area (Å²) >= 11 is 0. The van der Waals surface area contributed by atoms with Crippen molar-refractivity contribution in [2.24, 2.45) is 0 Å². The van der Waals surface area contributed by atoms with Crippen molar-refractivity contribution >= 4 is 17.0 Å². The monoisotopic (exact) mass is 169 g/mol. The van der Waals surface area contributed by atoms with E-state index in [0.29, 0.717) is 0 Å². The lowest BCUT2D eigenvalue weighted by atomic mass is 10.1. The summed E-state index contributed by atoms with van der Waals surface area (Å²) in [6.07, 6.45) is 5.97. The number of fused-ring (bicyclic) bond motifs is 1. The minimum absolute atomic E-state index is 1.05. The first-order chi connectivity index (χ1) is 6.40. The highest BCUT2D eigenvalue weighted by Gasteiger charge is 1.92. The molecule has 0 radical (unpaired) electrons. The van der Waals surface area contributed by atoms with Gasteiger partial charge >= 0.3 is 0 Å². The molecule has 1 aromatic heterocycles. The molecule has 0 saturated heterocycles. The zero-order valence-electron chi connectivity index (χ0n) is 7.57. The molecule has 0 amide bonds. The number of pyridine rings is 1. The van der Waals surface area contributed by atoms with Crippen molar-refractivity contribution in [2.45, 2.75) is 6.92 Å². The predicted octanol–water partition coefficient (Wildman–Crippen LogP) is 3.27. The van der Waals surface area contributed by atoms with E-state index in [0.717, 1.165) is 11.1 Å². The first kappa shape index (κ1) is 7.99. The number of hydrogen-bond acceptors (Lipinski definition) is 1. The summed E-state index contributed by atoms with van der Waals surface area (Å²) in [6.45, 7) is 2.01. The number of hydrogen-bond donors (Lipinski definition) is 0. The van der Waals surface area contributed by atoms with Crippen molar-refractivity contribution in [3.8, 4) is 0 Å². The van der Waals surface area contributed by atoms with Crippen molar-refractivity contribution < 1.29 is 0 Å². The molecule has 2 aromatic rings. The number of allylic oxidation sites excluding steroid dienone is 1. The van der Waals surface area contributed by atoms with Gasteiger partial charge in [0, 0.05) is 11.6 Å². The van der Waals surface area contributed by atoms with Gasteiger partial charge in [-0.3, -0.25) is 4.98 Å². The van der Waals surface area contributed by atoms with Crippen LogP contribution in [0.1, 0.15) is 12.5 Å². The maximum Gasteiger partial charge on any atom is 0.0702 e. The van der Waals surface area contributed by atoms with Gasteiger partial charge in [-0.25, -0.2) is 0 Å². The molecule has 0 N–H and O–H groups in total. The van der Waals surface area contributed by atoms with Crippen LogP contribution >= 0.6 is 0 Å².